The maximum Gasteiger partial charge on any atom is 0.415 e. The normalized spacial score (nSPS) is 20.4. The number of nitrogens with zero attached hydrogens (tertiary/aromatic N) is 1. The lowest BCUT2D eigenvalue weighted by atomic mass is 9.88. The van der Waals surface area contributed by atoms with Crippen molar-refractivity contribution in [3.63, 3.8) is 0 Å². The van der Waals surface area contributed by atoms with Crippen LogP contribution in [0.15, 0.2) is 24.4 Å². The molecule has 0 radical (unpaired) electrons. The third-order valence-electron chi connectivity index (χ3n) is 4.08. The van der Waals surface area contributed by atoms with Crippen LogP contribution in [0.4, 0.5) is 13.6 Å². The highest BCUT2D eigenvalue weighted by molar-refractivity contribution is 5.91. The molecule has 0 spiro atoms. The number of amides is 1. The number of carboxylic acid groups (broad SMARTS) is 1. The van der Waals surface area contributed by atoms with Gasteiger partial charge >= 0.3 is 12.1 Å². The molecule has 0 saturated heterocycles. The number of carboxylic acids is 1. The number of carbonyl (C=O) groups is 2. The highest BCUT2D eigenvalue weighted by atomic mass is 19.1. The average Bonchev–Trinajstić information content (AvgIpc) is 2.86. The van der Waals surface area contributed by atoms with Crippen molar-refractivity contribution in [1.29, 1.82) is 0 Å². The molecule has 0 saturated carbocycles. The molecular formula is C18H21F2NO4. The molecule has 5 nitrogen and oxygen atoms in total. The maximum atomic E-state index is 14.1. The van der Waals surface area contributed by atoms with Gasteiger partial charge in [-0.2, -0.15) is 0 Å². The Balaban J connectivity index is 2.49. The van der Waals surface area contributed by atoms with Gasteiger partial charge in [0.15, 0.2) is 5.54 Å². The fraction of sp³-hybridized carbons (Fsp3) is 0.444. The van der Waals surface area contributed by atoms with E-state index in [4.69, 9.17) is 4.74 Å². The van der Waals surface area contributed by atoms with Crippen LogP contribution >= 0.6 is 0 Å². The van der Waals surface area contributed by atoms with Gasteiger partial charge in [-0.05, 0) is 44.9 Å². The molecular weight excluding hydrogens is 332 g/mol. The summed E-state index contributed by atoms with van der Waals surface area (Å²) in [6, 6.07) is 3.04. The largest absolute Gasteiger partial charge is 0.479 e. The van der Waals surface area contributed by atoms with E-state index in [0.717, 1.165) is 17.0 Å². The predicted octanol–water partition coefficient (Wildman–Crippen LogP) is 4.18. The first-order valence-corrected chi connectivity index (χ1v) is 7.92. The van der Waals surface area contributed by atoms with Crippen LogP contribution in [0.1, 0.15) is 46.1 Å². The van der Waals surface area contributed by atoms with E-state index >= 15 is 0 Å². The molecule has 2 rings (SSSR count). The van der Waals surface area contributed by atoms with Crippen LogP contribution in [0.5, 0.6) is 0 Å². The Bertz CT molecular complexity index is 739. The zero-order chi connectivity index (χ0) is 19.0. The van der Waals surface area contributed by atoms with Gasteiger partial charge < -0.3 is 9.84 Å². The zero-order valence-corrected chi connectivity index (χ0v) is 14.6. The number of benzene rings is 1. The molecule has 25 heavy (non-hydrogen) atoms. The summed E-state index contributed by atoms with van der Waals surface area (Å²) in [7, 11) is 0. The predicted molar refractivity (Wildman–Crippen MR) is 87.7 cm³/mol. The van der Waals surface area contributed by atoms with Gasteiger partial charge in [-0.15, -0.1) is 0 Å². The Morgan fingerprint density at radius 1 is 1.32 bits per heavy atom. The molecule has 1 N–H and O–H groups in total. The monoisotopic (exact) mass is 353 g/mol. The van der Waals surface area contributed by atoms with Crippen molar-refractivity contribution in [3.05, 3.63) is 41.6 Å². The fourth-order valence-corrected chi connectivity index (χ4v) is 2.80. The van der Waals surface area contributed by atoms with Crippen LogP contribution in [0.25, 0.3) is 5.57 Å². The quantitative estimate of drug-likeness (QED) is 0.885. The molecule has 1 aliphatic rings. The maximum absolute atomic E-state index is 14.1. The van der Waals surface area contributed by atoms with Gasteiger partial charge in [0.2, 0.25) is 0 Å². The lowest BCUT2D eigenvalue weighted by Crippen LogP contribution is -2.52. The van der Waals surface area contributed by atoms with Crippen LogP contribution in [-0.2, 0) is 9.53 Å². The number of carbonyl (C=O) groups excluding carboxylic acids is 1. The molecule has 0 fully saturated rings. The van der Waals surface area contributed by atoms with E-state index in [-0.39, 0.29) is 18.4 Å². The van der Waals surface area contributed by atoms with Crippen molar-refractivity contribution >= 4 is 17.6 Å². The van der Waals surface area contributed by atoms with E-state index in [1.165, 1.54) is 12.3 Å². The minimum Gasteiger partial charge on any atom is -0.479 e. The van der Waals surface area contributed by atoms with E-state index in [2.05, 4.69) is 0 Å². The first-order chi connectivity index (χ1) is 11.5. The molecule has 1 aromatic rings. The molecule has 1 amide bonds. The summed E-state index contributed by atoms with van der Waals surface area (Å²) in [4.78, 5) is 25.4. The smallest absolute Gasteiger partial charge is 0.415 e. The number of rotatable bonds is 3. The number of halogens is 2. The summed E-state index contributed by atoms with van der Waals surface area (Å²) < 4.78 is 32.5. The third-order valence-corrected chi connectivity index (χ3v) is 4.08. The summed E-state index contributed by atoms with van der Waals surface area (Å²) >= 11 is 0. The van der Waals surface area contributed by atoms with Gasteiger partial charge in [-0.3, -0.25) is 4.90 Å². The fourth-order valence-electron chi connectivity index (χ4n) is 2.80. The summed E-state index contributed by atoms with van der Waals surface area (Å²) in [6.07, 6.45) is 0.460. The standard InChI is InChI=1S/C18H21F2NO4/c1-5-18(15(22)23)9-11(13-7-6-12(19)8-14(13)20)10-21(18)16(24)25-17(2,3)4/h6-8,10H,5,9H2,1-4H3,(H,22,23). The highest BCUT2D eigenvalue weighted by Gasteiger charge is 2.50. The summed E-state index contributed by atoms with van der Waals surface area (Å²) in [5.41, 5.74) is -2.02. The second-order valence-corrected chi connectivity index (χ2v) is 7.00. The first kappa shape index (κ1) is 18.9. The van der Waals surface area contributed by atoms with E-state index in [9.17, 15) is 23.5 Å². The Morgan fingerprint density at radius 3 is 2.44 bits per heavy atom. The van der Waals surface area contributed by atoms with Crippen LogP contribution in [-0.4, -0.2) is 33.2 Å². The molecule has 1 unspecified atom stereocenters. The number of hydrogen-bond acceptors (Lipinski definition) is 3. The van der Waals surface area contributed by atoms with Gasteiger partial charge in [0.25, 0.3) is 0 Å². The van der Waals surface area contributed by atoms with Crippen LogP contribution in [0.3, 0.4) is 0 Å². The van der Waals surface area contributed by atoms with E-state index in [0.29, 0.717) is 5.57 Å². The zero-order valence-electron chi connectivity index (χ0n) is 14.6. The molecule has 1 atom stereocenters. The minimum absolute atomic E-state index is 0.0616. The average molecular weight is 353 g/mol. The van der Waals surface area contributed by atoms with E-state index in [1.807, 2.05) is 0 Å². The molecule has 1 aliphatic heterocycles. The first-order valence-electron chi connectivity index (χ1n) is 7.92. The second-order valence-electron chi connectivity index (χ2n) is 7.00. The molecule has 7 heteroatoms. The Hall–Kier alpha value is -2.44. The summed E-state index contributed by atoms with van der Waals surface area (Å²) in [6.45, 7) is 6.63. The molecule has 0 aromatic heterocycles. The highest BCUT2D eigenvalue weighted by Crippen LogP contribution is 2.41. The topological polar surface area (TPSA) is 66.8 Å². The second kappa shape index (κ2) is 6.46. The van der Waals surface area contributed by atoms with Crippen molar-refractivity contribution in [2.45, 2.75) is 51.7 Å². The van der Waals surface area contributed by atoms with Crippen molar-refractivity contribution in [2.24, 2.45) is 0 Å². The number of ether oxygens (including phenoxy) is 1. The number of aliphatic carboxylic acids is 1. The van der Waals surface area contributed by atoms with Gasteiger partial charge in [0, 0.05) is 24.3 Å². The molecule has 0 bridgehead atoms. The van der Waals surface area contributed by atoms with Crippen molar-refractivity contribution in [1.82, 2.24) is 4.90 Å². The molecule has 136 valence electrons. The van der Waals surface area contributed by atoms with E-state index in [1.54, 1.807) is 27.7 Å². The number of hydrogen-bond donors (Lipinski definition) is 1. The van der Waals surface area contributed by atoms with Gasteiger partial charge in [-0.1, -0.05) is 6.92 Å². The Morgan fingerprint density at radius 2 is 1.96 bits per heavy atom. The van der Waals surface area contributed by atoms with E-state index < -0.39 is 34.8 Å². The molecule has 1 heterocycles. The summed E-state index contributed by atoms with van der Waals surface area (Å²) in [5.74, 6) is -2.76. The van der Waals surface area contributed by atoms with Gasteiger partial charge in [-0.25, -0.2) is 18.4 Å². The van der Waals surface area contributed by atoms with Crippen molar-refractivity contribution < 1.29 is 28.2 Å². The molecule has 1 aromatic carbocycles. The van der Waals surface area contributed by atoms with Crippen molar-refractivity contribution in [2.75, 3.05) is 0 Å². The molecule has 0 aliphatic carbocycles. The lowest BCUT2D eigenvalue weighted by Gasteiger charge is -2.34. The van der Waals surface area contributed by atoms with Crippen LogP contribution in [0.2, 0.25) is 0 Å². The third kappa shape index (κ3) is 3.65. The SMILES string of the molecule is CCC1(C(=O)O)CC(c2ccc(F)cc2F)=CN1C(=O)OC(C)(C)C. The Labute approximate surface area is 144 Å². The van der Waals surface area contributed by atoms with Crippen LogP contribution in [0, 0.1) is 11.6 Å². The van der Waals surface area contributed by atoms with Gasteiger partial charge in [0.05, 0.1) is 0 Å². The van der Waals surface area contributed by atoms with Crippen LogP contribution < -0.4 is 0 Å². The van der Waals surface area contributed by atoms with Crippen molar-refractivity contribution in [3.8, 4) is 0 Å². The Kier molecular flexibility index (Phi) is 4.88. The minimum atomic E-state index is -1.57. The van der Waals surface area contributed by atoms with Gasteiger partial charge in [0.1, 0.15) is 17.2 Å². The lowest BCUT2D eigenvalue weighted by molar-refractivity contribution is -0.148. The summed E-state index contributed by atoms with van der Waals surface area (Å²) in [5, 5.41) is 9.72.